The van der Waals surface area contributed by atoms with Crippen LogP contribution in [0.5, 0.6) is 0 Å². The van der Waals surface area contributed by atoms with Crippen LogP contribution in [0, 0.1) is 6.92 Å². The first-order chi connectivity index (χ1) is 11.1. The molecule has 0 amide bonds. The molecule has 1 heterocycles. The quantitative estimate of drug-likeness (QED) is 0.695. The van der Waals surface area contributed by atoms with Crippen LogP contribution in [-0.2, 0) is 0 Å². The summed E-state index contributed by atoms with van der Waals surface area (Å²) < 4.78 is 0. The molecule has 0 atom stereocenters. The minimum atomic E-state index is 0.443. The van der Waals surface area contributed by atoms with Gasteiger partial charge in [0.05, 0.1) is 6.20 Å². The van der Waals surface area contributed by atoms with Crippen molar-refractivity contribution >= 4 is 17.5 Å². The Morgan fingerprint density at radius 1 is 1.17 bits per heavy atom. The topological polar surface area (TPSA) is 62.7 Å². The lowest BCUT2D eigenvalue weighted by Gasteiger charge is -2.16. The van der Waals surface area contributed by atoms with Crippen molar-refractivity contribution in [3.05, 3.63) is 35.5 Å². The Balaban J connectivity index is 2.12. The van der Waals surface area contributed by atoms with E-state index in [1.54, 1.807) is 6.20 Å². The summed E-state index contributed by atoms with van der Waals surface area (Å²) in [6, 6.07) is 6.35. The maximum absolute atomic E-state index is 4.51. The van der Waals surface area contributed by atoms with E-state index in [4.69, 9.17) is 0 Å². The largest absolute Gasteiger partial charge is 0.353 e. The molecule has 5 heteroatoms. The van der Waals surface area contributed by atoms with E-state index < -0.39 is 0 Å². The number of nitrogens with zero attached hydrogens (tertiary/aromatic N) is 3. The van der Waals surface area contributed by atoms with E-state index in [2.05, 4.69) is 71.7 Å². The molecule has 1 aromatic heterocycles. The number of anilines is 3. The van der Waals surface area contributed by atoms with Crippen molar-refractivity contribution in [2.45, 2.75) is 52.9 Å². The Hall–Kier alpha value is -2.17. The molecule has 0 aliphatic carbocycles. The van der Waals surface area contributed by atoms with Gasteiger partial charge in [0.1, 0.15) is 0 Å². The number of hydrogen-bond donors (Lipinski definition) is 2. The lowest BCUT2D eigenvalue weighted by atomic mass is 9.98. The summed E-state index contributed by atoms with van der Waals surface area (Å²) in [5.74, 6) is 1.74. The summed E-state index contributed by atoms with van der Waals surface area (Å²) in [7, 11) is 0. The smallest absolute Gasteiger partial charge is 0.244 e. The highest BCUT2D eigenvalue weighted by Gasteiger charge is 2.10. The average molecular weight is 313 g/mol. The van der Waals surface area contributed by atoms with Crippen molar-refractivity contribution in [3.8, 4) is 0 Å². The van der Waals surface area contributed by atoms with Crippen LogP contribution < -0.4 is 10.6 Å². The van der Waals surface area contributed by atoms with Crippen LogP contribution in [0.2, 0.25) is 0 Å². The van der Waals surface area contributed by atoms with Gasteiger partial charge in [0.15, 0.2) is 5.82 Å². The molecule has 2 aromatic rings. The van der Waals surface area contributed by atoms with E-state index >= 15 is 0 Å². The second-order valence-electron chi connectivity index (χ2n) is 6.12. The maximum Gasteiger partial charge on any atom is 0.244 e. The van der Waals surface area contributed by atoms with Gasteiger partial charge in [-0.3, -0.25) is 0 Å². The summed E-state index contributed by atoms with van der Waals surface area (Å²) in [5.41, 5.74) is 3.59. The Morgan fingerprint density at radius 3 is 2.74 bits per heavy atom. The maximum atomic E-state index is 4.51. The third kappa shape index (κ3) is 4.91. The predicted molar refractivity (Wildman–Crippen MR) is 96.4 cm³/mol. The van der Waals surface area contributed by atoms with E-state index in [1.165, 1.54) is 24.0 Å². The van der Waals surface area contributed by atoms with Gasteiger partial charge < -0.3 is 10.6 Å². The highest BCUT2D eigenvalue weighted by Crippen LogP contribution is 2.29. The van der Waals surface area contributed by atoms with Crippen LogP contribution in [0.15, 0.2) is 24.4 Å². The molecule has 5 nitrogen and oxygen atoms in total. The fourth-order valence-corrected chi connectivity index (χ4v) is 2.48. The number of para-hydroxylation sites is 1. The summed E-state index contributed by atoms with van der Waals surface area (Å²) in [6.07, 6.45) is 5.19. The first-order valence-electron chi connectivity index (χ1n) is 8.42. The second kappa shape index (κ2) is 8.46. The highest BCUT2D eigenvalue weighted by atomic mass is 15.3. The first kappa shape index (κ1) is 17.2. The molecule has 2 N–H and O–H groups in total. The summed E-state index contributed by atoms with van der Waals surface area (Å²) >= 11 is 0. The zero-order valence-corrected chi connectivity index (χ0v) is 14.6. The van der Waals surface area contributed by atoms with Gasteiger partial charge >= 0.3 is 0 Å². The van der Waals surface area contributed by atoms with Crippen molar-refractivity contribution in [1.29, 1.82) is 0 Å². The standard InChI is InChI=1S/C18H27N5/c1-5-6-7-11-19-18-22-16(12-20-23-18)21-17-14(4)9-8-10-15(17)13(2)3/h8-10,12-13H,5-7,11H2,1-4H3,(H2,19,21,22,23). The van der Waals surface area contributed by atoms with E-state index in [-0.39, 0.29) is 0 Å². The molecule has 0 aliphatic heterocycles. The van der Waals surface area contributed by atoms with E-state index in [0.29, 0.717) is 17.7 Å². The molecule has 2 rings (SSSR count). The number of aromatic nitrogens is 3. The molecule has 23 heavy (non-hydrogen) atoms. The Bertz CT molecular complexity index is 625. The number of benzene rings is 1. The van der Waals surface area contributed by atoms with E-state index in [0.717, 1.165) is 18.7 Å². The van der Waals surface area contributed by atoms with Gasteiger partial charge in [0.25, 0.3) is 0 Å². The van der Waals surface area contributed by atoms with Crippen molar-refractivity contribution in [3.63, 3.8) is 0 Å². The number of aryl methyl sites for hydroxylation is 1. The van der Waals surface area contributed by atoms with Crippen LogP contribution in [0.1, 0.15) is 57.1 Å². The van der Waals surface area contributed by atoms with Gasteiger partial charge in [-0.05, 0) is 30.4 Å². The summed E-state index contributed by atoms with van der Waals surface area (Å²) in [5, 5.41) is 14.7. The number of hydrogen-bond acceptors (Lipinski definition) is 5. The van der Waals surface area contributed by atoms with E-state index in [9.17, 15) is 0 Å². The van der Waals surface area contributed by atoms with Crippen LogP contribution in [-0.4, -0.2) is 21.7 Å². The van der Waals surface area contributed by atoms with Gasteiger partial charge in [0.2, 0.25) is 5.95 Å². The minimum absolute atomic E-state index is 0.443. The molecule has 124 valence electrons. The monoisotopic (exact) mass is 313 g/mol. The number of nitrogens with one attached hydrogen (secondary N) is 2. The third-order valence-corrected chi connectivity index (χ3v) is 3.80. The zero-order valence-electron chi connectivity index (χ0n) is 14.6. The van der Waals surface area contributed by atoms with Crippen LogP contribution in [0.25, 0.3) is 0 Å². The van der Waals surface area contributed by atoms with Gasteiger partial charge in [-0.2, -0.15) is 10.1 Å². The lowest BCUT2D eigenvalue weighted by molar-refractivity contribution is 0.738. The van der Waals surface area contributed by atoms with Gasteiger partial charge in [-0.15, -0.1) is 5.10 Å². The number of rotatable bonds is 8. The van der Waals surface area contributed by atoms with Gasteiger partial charge in [-0.1, -0.05) is 51.8 Å². The molecular formula is C18H27N5. The van der Waals surface area contributed by atoms with Gasteiger partial charge in [-0.25, -0.2) is 0 Å². The van der Waals surface area contributed by atoms with Crippen molar-refractivity contribution < 1.29 is 0 Å². The average Bonchev–Trinajstić information content (AvgIpc) is 2.54. The van der Waals surface area contributed by atoms with Crippen molar-refractivity contribution in [2.75, 3.05) is 17.2 Å². The van der Waals surface area contributed by atoms with Crippen LogP contribution in [0.4, 0.5) is 17.5 Å². The Morgan fingerprint density at radius 2 is 2.00 bits per heavy atom. The molecule has 0 radical (unpaired) electrons. The molecule has 0 unspecified atom stereocenters. The van der Waals surface area contributed by atoms with Gasteiger partial charge in [0, 0.05) is 12.2 Å². The normalized spacial score (nSPS) is 10.8. The fourth-order valence-electron chi connectivity index (χ4n) is 2.48. The number of unbranched alkanes of at least 4 members (excludes halogenated alkanes) is 2. The predicted octanol–water partition coefficient (Wildman–Crippen LogP) is 4.65. The van der Waals surface area contributed by atoms with E-state index in [1.807, 2.05) is 0 Å². The molecular weight excluding hydrogens is 286 g/mol. The van der Waals surface area contributed by atoms with Crippen LogP contribution in [0.3, 0.4) is 0 Å². The summed E-state index contributed by atoms with van der Waals surface area (Å²) in [4.78, 5) is 4.51. The SMILES string of the molecule is CCCCCNc1nncc(Nc2c(C)cccc2C(C)C)n1. The first-order valence-corrected chi connectivity index (χ1v) is 8.42. The highest BCUT2D eigenvalue weighted by molar-refractivity contribution is 5.65. The molecule has 0 saturated heterocycles. The van der Waals surface area contributed by atoms with Crippen LogP contribution >= 0.6 is 0 Å². The lowest BCUT2D eigenvalue weighted by Crippen LogP contribution is -2.08. The van der Waals surface area contributed by atoms with Crippen molar-refractivity contribution in [2.24, 2.45) is 0 Å². The fraction of sp³-hybridized carbons (Fsp3) is 0.500. The minimum Gasteiger partial charge on any atom is -0.353 e. The van der Waals surface area contributed by atoms with Crippen molar-refractivity contribution in [1.82, 2.24) is 15.2 Å². The summed E-state index contributed by atoms with van der Waals surface area (Å²) in [6.45, 7) is 9.56. The second-order valence-corrected chi connectivity index (χ2v) is 6.12. The Labute approximate surface area is 139 Å². The zero-order chi connectivity index (χ0) is 16.7. The third-order valence-electron chi connectivity index (χ3n) is 3.80. The molecule has 0 aliphatic rings. The molecule has 0 bridgehead atoms. The molecule has 1 aromatic carbocycles. The Kier molecular flexibility index (Phi) is 6.32. The molecule has 0 spiro atoms. The molecule has 0 saturated carbocycles. The molecule has 0 fully saturated rings.